The van der Waals surface area contributed by atoms with Crippen LogP contribution in [0.1, 0.15) is 54.6 Å². The molecule has 0 saturated carbocycles. The number of carbonyl (C=O) groups excluding carboxylic acids is 2. The van der Waals surface area contributed by atoms with Gasteiger partial charge < -0.3 is 9.84 Å². The fraction of sp³-hybridized carbons (Fsp3) is 0.267. The molecule has 4 rings (SSSR count). The van der Waals surface area contributed by atoms with Crippen LogP contribution in [0.15, 0.2) is 72.3 Å². The fourth-order valence-electron chi connectivity index (χ4n) is 4.55. The van der Waals surface area contributed by atoms with E-state index in [1.807, 2.05) is 52.0 Å². The van der Waals surface area contributed by atoms with Crippen molar-refractivity contribution >= 4 is 23.1 Å². The van der Waals surface area contributed by atoms with Crippen LogP contribution in [0.4, 0.5) is 18.9 Å². The Morgan fingerprint density at radius 3 is 2.16 bits per heavy atom. The van der Waals surface area contributed by atoms with Crippen molar-refractivity contribution in [3.05, 3.63) is 100 Å². The lowest BCUT2D eigenvalue weighted by atomic mass is 9.84. The second kappa shape index (κ2) is 9.67. The van der Waals surface area contributed by atoms with Crippen molar-refractivity contribution < 1.29 is 32.6 Å². The van der Waals surface area contributed by atoms with Gasteiger partial charge in [0.25, 0.3) is 11.7 Å². The van der Waals surface area contributed by atoms with E-state index in [2.05, 4.69) is 4.74 Å². The number of alkyl halides is 3. The SMILES string of the molecule is Cc1cccc(C2/C(=C(\O)c3cc(C(C)(C)C)ccc3C)C(=O)C(=O)N2c2ccc(OC(F)(F)F)cc2)c1. The van der Waals surface area contributed by atoms with Crippen LogP contribution in [0.25, 0.3) is 5.76 Å². The lowest BCUT2D eigenvalue weighted by molar-refractivity contribution is -0.274. The van der Waals surface area contributed by atoms with Gasteiger partial charge in [0.15, 0.2) is 0 Å². The topological polar surface area (TPSA) is 66.8 Å². The number of halogens is 3. The number of ketones is 1. The average Bonchev–Trinajstić information content (AvgIpc) is 3.08. The molecule has 0 spiro atoms. The zero-order valence-electron chi connectivity index (χ0n) is 21.7. The molecule has 0 radical (unpaired) electrons. The van der Waals surface area contributed by atoms with Gasteiger partial charge in [-0.05, 0) is 66.3 Å². The number of anilines is 1. The minimum atomic E-state index is -4.87. The number of rotatable bonds is 4. The number of aliphatic hydroxyl groups excluding tert-OH is 1. The molecule has 0 bridgehead atoms. The van der Waals surface area contributed by atoms with Crippen LogP contribution in [0.5, 0.6) is 5.75 Å². The van der Waals surface area contributed by atoms with E-state index >= 15 is 0 Å². The number of hydrogen-bond acceptors (Lipinski definition) is 4. The van der Waals surface area contributed by atoms with Crippen molar-refractivity contribution in [2.45, 2.75) is 52.4 Å². The lowest BCUT2D eigenvalue weighted by Crippen LogP contribution is -2.29. The zero-order valence-corrected chi connectivity index (χ0v) is 21.7. The van der Waals surface area contributed by atoms with E-state index in [9.17, 15) is 27.9 Å². The minimum absolute atomic E-state index is 0.0922. The molecule has 5 nitrogen and oxygen atoms in total. The molecule has 1 amide bonds. The molecule has 1 aliphatic rings. The number of amides is 1. The van der Waals surface area contributed by atoms with Gasteiger partial charge in [-0.25, -0.2) is 0 Å². The quantitative estimate of drug-likeness (QED) is 0.225. The van der Waals surface area contributed by atoms with Crippen LogP contribution < -0.4 is 9.64 Å². The summed E-state index contributed by atoms with van der Waals surface area (Å²) in [6.07, 6.45) is -4.87. The first-order valence-electron chi connectivity index (χ1n) is 12.0. The molecule has 1 aliphatic heterocycles. The van der Waals surface area contributed by atoms with Gasteiger partial charge in [-0.15, -0.1) is 13.2 Å². The monoisotopic (exact) mass is 523 g/mol. The summed E-state index contributed by atoms with van der Waals surface area (Å²) >= 11 is 0. The Morgan fingerprint density at radius 2 is 1.58 bits per heavy atom. The Kier molecular flexibility index (Phi) is 6.86. The van der Waals surface area contributed by atoms with Crippen molar-refractivity contribution in [2.24, 2.45) is 0 Å². The number of aryl methyl sites for hydroxylation is 2. The Labute approximate surface area is 219 Å². The van der Waals surface area contributed by atoms with Gasteiger partial charge in [0.1, 0.15) is 11.5 Å². The molecule has 1 atom stereocenters. The smallest absolute Gasteiger partial charge is 0.507 e. The van der Waals surface area contributed by atoms with Gasteiger partial charge in [-0.2, -0.15) is 0 Å². The number of hydrogen-bond donors (Lipinski definition) is 1. The van der Waals surface area contributed by atoms with Gasteiger partial charge in [-0.3, -0.25) is 14.5 Å². The van der Waals surface area contributed by atoms with Crippen LogP contribution >= 0.6 is 0 Å². The summed E-state index contributed by atoms with van der Waals surface area (Å²) in [5, 5.41) is 11.6. The van der Waals surface area contributed by atoms with E-state index in [1.165, 1.54) is 17.0 Å². The van der Waals surface area contributed by atoms with Gasteiger partial charge in [0.05, 0.1) is 11.6 Å². The van der Waals surface area contributed by atoms with Gasteiger partial charge in [0, 0.05) is 11.3 Å². The summed E-state index contributed by atoms with van der Waals surface area (Å²) in [5.74, 6) is -2.55. The summed E-state index contributed by atoms with van der Waals surface area (Å²) in [7, 11) is 0. The highest BCUT2D eigenvalue weighted by Crippen LogP contribution is 2.43. The molecule has 0 aliphatic carbocycles. The van der Waals surface area contributed by atoms with E-state index in [4.69, 9.17) is 0 Å². The molecule has 1 fully saturated rings. The van der Waals surface area contributed by atoms with Crippen molar-refractivity contribution in [1.82, 2.24) is 0 Å². The van der Waals surface area contributed by atoms with Crippen molar-refractivity contribution in [2.75, 3.05) is 4.90 Å². The number of Topliss-reactive ketones (excluding diaryl/α,β-unsaturated/α-hetero) is 1. The van der Waals surface area contributed by atoms with Crippen molar-refractivity contribution in [3.63, 3.8) is 0 Å². The summed E-state index contributed by atoms with van der Waals surface area (Å²) in [4.78, 5) is 28.0. The highest BCUT2D eigenvalue weighted by molar-refractivity contribution is 6.51. The molecule has 0 aromatic heterocycles. The van der Waals surface area contributed by atoms with Crippen LogP contribution in [0.2, 0.25) is 0 Å². The third-order valence-corrected chi connectivity index (χ3v) is 6.51. The highest BCUT2D eigenvalue weighted by atomic mass is 19.4. The molecule has 1 unspecified atom stereocenters. The average molecular weight is 524 g/mol. The molecular weight excluding hydrogens is 495 g/mol. The first-order valence-corrected chi connectivity index (χ1v) is 12.0. The Bertz CT molecular complexity index is 1430. The molecule has 3 aromatic rings. The molecule has 1 heterocycles. The largest absolute Gasteiger partial charge is 0.573 e. The predicted molar refractivity (Wildman–Crippen MR) is 139 cm³/mol. The second-order valence-electron chi connectivity index (χ2n) is 10.4. The Hall–Kier alpha value is -4.07. The fourth-order valence-corrected chi connectivity index (χ4v) is 4.55. The molecule has 38 heavy (non-hydrogen) atoms. The van der Waals surface area contributed by atoms with E-state index < -0.39 is 29.8 Å². The summed E-state index contributed by atoms with van der Waals surface area (Å²) in [5.41, 5.74) is 3.40. The van der Waals surface area contributed by atoms with Gasteiger partial charge >= 0.3 is 6.36 Å². The van der Waals surface area contributed by atoms with Crippen molar-refractivity contribution in [1.29, 1.82) is 0 Å². The molecule has 1 saturated heterocycles. The maximum Gasteiger partial charge on any atom is 0.573 e. The third-order valence-electron chi connectivity index (χ3n) is 6.51. The molecule has 3 aromatic carbocycles. The molecule has 1 N–H and O–H groups in total. The minimum Gasteiger partial charge on any atom is -0.507 e. The second-order valence-corrected chi connectivity index (χ2v) is 10.4. The van der Waals surface area contributed by atoms with Crippen LogP contribution in [-0.2, 0) is 15.0 Å². The van der Waals surface area contributed by atoms with Gasteiger partial charge in [-0.1, -0.05) is 62.7 Å². The van der Waals surface area contributed by atoms with Crippen LogP contribution in [0.3, 0.4) is 0 Å². The zero-order chi connectivity index (χ0) is 28.0. The number of carbonyl (C=O) groups is 2. The normalized spacial score (nSPS) is 17.7. The van der Waals surface area contributed by atoms with Crippen LogP contribution in [0, 0.1) is 13.8 Å². The number of ether oxygens (including phenoxy) is 1. The molecular formula is C30H28F3NO4. The number of aliphatic hydroxyl groups is 1. The standard InChI is InChI=1S/C30H28F3NO4/c1-17-7-6-8-19(15-17)25-24(26(35)23-16-20(29(3,4)5)10-9-18(23)2)27(36)28(37)34(25)21-11-13-22(14-12-21)38-30(31,32)33/h6-16,25,35H,1-5H3/b26-24+. The Morgan fingerprint density at radius 1 is 0.921 bits per heavy atom. The van der Waals surface area contributed by atoms with E-state index in [-0.39, 0.29) is 22.4 Å². The van der Waals surface area contributed by atoms with Gasteiger partial charge in [0.2, 0.25) is 0 Å². The first-order chi connectivity index (χ1) is 17.7. The number of nitrogens with zero attached hydrogens (tertiary/aromatic N) is 1. The van der Waals surface area contributed by atoms with E-state index in [0.29, 0.717) is 11.1 Å². The lowest BCUT2D eigenvalue weighted by Gasteiger charge is -2.26. The first kappa shape index (κ1) is 27.0. The Balaban J connectivity index is 1.91. The summed E-state index contributed by atoms with van der Waals surface area (Å²) < 4.78 is 41.9. The van der Waals surface area contributed by atoms with E-state index in [0.717, 1.165) is 28.8 Å². The molecule has 198 valence electrons. The summed E-state index contributed by atoms with van der Waals surface area (Å²) in [6.45, 7) is 9.74. The summed E-state index contributed by atoms with van der Waals surface area (Å²) in [6, 6.07) is 16.5. The van der Waals surface area contributed by atoms with Crippen molar-refractivity contribution in [3.8, 4) is 5.75 Å². The predicted octanol–water partition coefficient (Wildman–Crippen LogP) is 7.13. The van der Waals surface area contributed by atoms with E-state index in [1.54, 1.807) is 25.1 Å². The third kappa shape index (κ3) is 5.30. The number of benzene rings is 3. The maximum atomic E-state index is 13.4. The molecule has 8 heteroatoms. The highest BCUT2D eigenvalue weighted by Gasteiger charge is 2.47. The maximum absolute atomic E-state index is 13.4. The van der Waals surface area contributed by atoms with Crippen LogP contribution in [-0.4, -0.2) is 23.2 Å².